The van der Waals surface area contributed by atoms with Crippen LogP contribution in [0.3, 0.4) is 0 Å². The number of nitrogens with zero attached hydrogens (tertiary/aromatic N) is 3. The van der Waals surface area contributed by atoms with Crippen molar-refractivity contribution in [1.82, 2.24) is 25.3 Å². The standard InChI is InChI=1S/C24H23F4N7O3/c1-23(2,24(26,27)28)35-20(29)17(21(30)36)19(34-35)13-6-4-11(18-15(13)10-32-33-18)9-31-22(37)14-8-12(25)5-7-16(14)38-3/h4-8,10H,9,29H2,1-3H3,(H2,30,36)(H,31,37)(H,32,33). The summed E-state index contributed by atoms with van der Waals surface area (Å²) in [5, 5.41) is 13.9. The highest BCUT2D eigenvalue weighted by Crippen LogP contribution is 2.41. The number of carbonyl (C=O) groups excluding carboxylic acids is 2. The van der Waals surface area contributed by atoms with Crippen molar-refractivity contribution in [3.05, 3.63) is 59.0 Å². The molecule has 4 rings (SSSR count). The average Bonchev–Trinajstić information content (AvgIpc) is 3.47. The number of aromatic nitrogens is 4. The molecule has 0 saturated carbocycles. The topological polar surface area (TPSA) is 154 Å². The molecule has 2 aromatic carbocycles. The van der Waals surface area contributed by atoms with Gasteiger partial charge in [0.1, 0.15) is 28.6 Å². The van der Waals surface area contributed by atoms with Crippen LogP contribution in [0.4, 0.5) is 23.4 Å². The van der Waals surface area contributed by atoms with Crippen LogP contribution in [0.15, 0.2) is 36.5 Å². The molecule has 38 heavy (non-hydrogen) atoms. The number of primary amides is 1. The second kappa shape index (κ2) is 9.36. The van der Waals surface area contributed by atoms with Crippen molar-refractivity contribution in [3.8, 4) is 17.0 Å². The molecule has 0 fully saturated rings. The second-order valence-electron chi connectivity index (χ2n) is 8.90. The fourth-order valence-corrected chi connectivity index (χ4v) is 3.98. The van der Waals surface area contributed by atoms with Crippen LogP contribution in [0.1, 0.15) is 40.1 Å². The SMILES string of the molecule is COc1ccc(F)cc1C(=O)NCc1ccc(-c2nn(C(C)(C)C(F)(F)F)c(N)c2C(N)=O)c2cn[nH]c12. The number of halogens is 4. The number of methoxy groups -OCH3 is 1. The van der Waals surface area contributed by atoms with Crippen LogP contribution in [-0.4, -0.2) is 45.1 Å². The zero-order valence-corrected chi connectivity index (χ0v) is 20.4. The maximum Gasteiger partial charge on any atom is 0.413 e. The van der Waals surface area contributed by atoms with E-state index in [1.807, 2.05) is 0 Å². The Balaban J connectivity index is 1.74. The third-order valence-corrected chi connectivity index (χ3v) is 6.19. The number of amides is 2. The number of aromatic amines is 1. The highest BCUT2D eigenvalue weighted by Gasteiger charge is 2.51. The zero-order valence-electron chi connectivity index (χ0n) is 20.4. The van der Waals surface area contributed by atoms with Gasteiger partial charge in [0.2, 0.25) is 0 Å². The van der Waals surface area contributed by atoms with Crippen molar-refractivity contribution in [3.63, 3.8) is 0 Å². The molecule has 0 bridgehead atoms. The molecule has 2 heterocycles. The van der Waals surface area contributed by atoms with Gasteiger partial charge in [-0.2, -0.15) is 23.4 Å². The number of nitrogen functional groups attached to an aromatic ring is 1. The summed E-state index contributed by atoms with van der Waals surface area (Å²) in [6.07, 6.45) is -3.35. The van der Waals surface area contributed by atoms with Crippen molar-refractivity contribution >= 4 is 28.5 Å². The van der Waals surface area contributed by atoms with Crippen LogP contribution in [0, 0.1) is 5.82 Å². The van der Waals surface area contributed by atoms with E-state index in [0.29, 0.717) is 21.1 Å². The number of H-pyrrole nitrogens is 1. The van der Waals surface area contributed by atoms with Gasteiger partial charge in [-0.3, -0.25) is 14.7 Å². The first-order valence-electron chi connectivity index (χ1n) is 11.1. The van der Waals surface area contributed by atoms with E-state index in [2.05, 4.69) is 20.6 Å². The summed E-state index contributed by atoms with van der Waals surface area (Å²) < 4.78 is 60.5. The molecule has 10 nitrogen and oxygen atoms in total. The summed E-state index contributed by atoms with van der Waals surface area (Å²) in [4.78, 5) is 24.9. The fraction of sp³-hybridized carbons (Fsp3) is 0.250. The first kappa shape index (κ1) is 26.4. The Bertz CT molecular complexity index is 1560. The molecule has 0 atom stereocenters. The number of alkyl halides is 3. The van der Waals surface area contributed by atoms with Crippen LogP contribution >= 0.6 is 0 Å². The Labute approximate surface area is 212 Å². The number of rotatable bonds is 7. The van der Waals surface area contributed by atoms with Gasteiger partial charge in [0.15, 0.2) is 5.54 Å². The van der Waals surface area contributed by atoms with Gasteiger partial charge in [0.05, 0.1) is 24.4 Å². The van der Waals surface area contributed by atoms with Crippen molar-refractivity contribution in [2.45, 2.75) is 32.1 Å². The summed E-state index contributed by atoms with van der Waals surface area (Å²) in [6.45, 7) is 1.72. The highest BCUT2D eigenvalue weighted by atomic mass is 19.4. The summed E-state index contributed by atoms with van der Waals surface area (Å²) in [7, 11) is 1.35. The Morgan fingerprint density at radius 3 is 2.53 bits per heavy atom. The minimum absolute atomic E-state index is 0.00984. The van der Waals surface area contributed by atoms with Crippen LogP contribution in [0.2, 0.25) is 0 Å². The average molecular weight is 533 g/mol. The van der Waals surface area contributed by atoms with Crippen molar-refractivity contribution in [2.24, 2.45) is 5.73 Å². The Morgan fingerprint density at radius 2 is 1.89 bits per heavy atom. The lowest BCUT2D eigenvalue weighted by atomic mass is 10.00. The molecule has 6 N–H and O–H groups in total. The number of benzene rings is 2. The molecule has 0 spiro atoms. The Hall–Kier alpha value is -4.62. The van der Waals surface area contributed by atoms with Crippen LogP contribution < -0.4 is 21.5 Å². The molecule has 200 valence electrons. The largest absolute Gasteiger partial charge is 0.496 e. The zero-order chi connectivity index (χ0) is 28.0. The first-order valence-corrected chi connectivity index (χ1v) is 11.1. The maximum atomic E-state index is 13.7. The van der Waals surface area contributed by atoms with E-state index in [1.165, 1.54) is 25.4 Å². The first-order chi connectivity index (χ1) is 17.8. The number of hydrogen-bond acceptors (Lipinski definition) is 6. The summed E-state index contributed by atoms with van der Waals surface area (Å²) in [5.41, 5.74) is 9.52. The molecule has 0 unspecified atom stereocenters. The van der Waals surface area contributed by atoms with E-state index in [9.17, 15) is 27.2 Å². The quantitative estimate of drug-likeness (QED) is 0.267. The molecule has 2 amide bonds. The van der Waals surface area contributed by atoms with E-state index in [1.54, 1.807) is 6.07 Å². The third-order valence-electron chi connectivity index (χ3n) is 6.19. The minimum atomic E-state index is -4.74. The molecular formula is C24H23F4N7O3. The van der Waals surface area contributed by atoms with E-state index >= 15 is 0 Å². The Morgan fingerprint density at radius 1 is 1.18 bits per heavy atom. The number of fused-ring (bicyclic) bond motifs is 1. The van der Waals surface area contributed by atoms with Gasteiger partial charge in [0, 0.05) is 17.5 Å². The number of nitrogens with one attached hydrogen (secondary N) is 2. The number of ether oxygens (including phenoxy) is 1. The molecule has 0 aliphatic rings. The maximum absolute atomic E-state index is 13.7. The number of nitrogens with two attached hydrogens (primary N) is 2. The van der Waals surface area contributed by atoms with E-state index in [0.717, 1.165) is 26.0 Å². The molecule has 14 heteroatoms. The van der Waals surface area contributed by atoms with Gasteiger partial charge in [0.25, 0.3) is 11.8 Å². The third kappa shape index (κ3) is 4.37. The van der Waals surface area contributed by atoms with E-state index in [-0.39, 0.29) is 34.7 Å². The summed E-state index contributed by atoms with van der Waals surface area (Å²) in [5.74, 6) is -2.63. The lowest BCUT2D eigenvalue weighted by molar-refractivity contribution is -0.205. The van der Waals surface area contributed by atoms with Crippen LogP contribution in [-0.2, 0) is 12.1 Å². The normalized spacial score (nSPS) is 12.1. The van der Waals surface area contributed by atoms with Crippen molar-refractivity contribution in [2.75, 3.05) is 12.8 Å². The van der Waals surface area contributed by atoms with E-state index in [4.69, 9.17) is 16.2 Å². The predicted octanol–water partition coefficient (Wildman–Crippen LogP) is 3.48. The number of carbonyl (C=O) groups is 2. The van der Waals surface area contributed by atoms with Crippen LogP contribution in [0.25, 0.3) is 22.2 Å². The van der Waals surface area contributed by atoms with Gasteiger partial charge >= 0.3 is 6.18 Å². The van der Waals surface area contributed by atoms with Gasteiger partial charge in [-0.05, 0) is 37.6 Å². The molecule has 0 aliphatic carbocycles. The van der Waals surface area contributed by atoms with Crippen LogP contribution in [0.5, 0.6) is 5.75 Å². The smallest absolute Gasteiger partial charge is 0.413 e. The fourth-order valence-electron chi connectivity index (χ4n) is 3.98. The van der Waals surface area contributed by atoms with Gasteiger partial charge in [-0.25, -0.2) is 9.07 Å². The van der Waals surface area contributed by atoms with Gasteiger partial charge in [-0.1, -0.05) is 12.1 Å². The molecule has 4 aromatic rings. The highest BCUT2D eigenvalue weighted by molar-refractivity contribution is 6.07. The lowest BCUT2D eigenvalue weighted by Gasteiger charge is -2.29. The second-order valence-corrected chi connectivity index (χ2v) is 8.90. The van der Waals surface area contributed by atoms with Gasteiger partial charge in [-0.15, -0.1) is 0 Å². The molecule has 0 aliphatic heterocycles. The Kier molecular flexibility index (Phi) is 6.51. The minimum Gasteiger partial charge on any atom is -0.496 e. The number of anilines is 1. The monoisotopic (exact) mass is 533 g/mol. The summed E-state index contributed by atoms with van der Waals surface area (Å²) >= 11 is 0. The lowest BCUT2D eigenvalue weighted by Crippen LogP contribution is -2.43. The van der Waals surface area contributed by atoms with Gasteiger partial charge < -0.3 is 21.5 Å². The molecular weight excluding hydrogens is 510 g/mol. The predicted molar refractivity (Wildman–Crippen MR) is 130 cm³/mol. The molecule has 0 saturated heterocycles. The summed E-state index contributed by atoms with van der Waals surface area (Å²) in [6, 6.07) is 6.59. The number of hydrogen-bond donors (Lipinski definition) is 4. The van der Waals surface area contributed by atoms with E-state index < -0.39 is 35.2 Å². The molecule has 0 radical (unpaired) electrons. The molecule has 2 aromatic heterocycles. The van der Waals surface area contributed by atoms with Crippen molar-refractivity contribution in [1.29, 1.82) is 0 Å². The van der Waals surface area contributed by atoms with Crippen molar-refractivity contribution < 1.29 is 31.9 Å².